The highest BCUT2D eigenvalue weighted by Gasteiger charge is 2.11. The lowest BCUT2D eigenvalue weighted by Crippen LogP contribution is -2.19. The Hall–Kier alpha value is -3.86. The third kappa shape index (κ3) is 5.58. The molecule has 0 bridgehead atoms. The van der Waals surface area contributed by atoms with Gasteiger partial charge in [-0.3, -0.25) is 14.8 Å². The summed E-state index contributed by atoms with van der Waals surface area (Å²) < 4.78 is 28.6. The van der Waals surface area contributed by atoms with Gasteiger partial charge >= 0.3 is 6.61 Å². The van der Waals surface area contributed by atoms with Crippen LogP contribution >= 0.6 is 0 Å². The lowest BCUT2D eigenvalue weighted by atomic mass is 10.1. The second-order valence-electron chi connectivity index (χ2n) is 5.94. The number of halogens is 2. The van der Waals surface area contributed by atoms with Crippen molar-refractivity contribution in [2.45, 2.75) is 19.6 Å². The first kappa shape index (κ1) is 20.9. The Morgan fingerprint density at radius 2 is 2.07 bits per heavy atom. The fourth-order valence-electron chi connectivity index (χ4n) is 2.32. The van der Waals surface area contributed by atoms with Gasteiger partial charge in [0.1, 0.15) is 5.69 Å². The molecule has 11 heteroatoms. The van der Waals surface area contributed by atoms with Crippen molar-refractivity contribution in [3.63, 3.8) is 0 Å². The van der Waals surface area contributed by atoms with E-state index in [1.807, 2.05) is 0 Å². The molecular formula is C19H16F2N6O3. The van der Waals surface area contributed by atoms with Gasteiger partial charge in [-0.25, -0.2) is 15.4 Å². The number of rotatable bonds is 7. The Morgan fingerprint density at radius 1 is 1.23 bits per heavy atom. The number of alkyl halides is 2. The maximum atomic E-state index is 12.3. The van der Waals surface area contributed by atoms with Gasteiger partial charge in [0, 0.05) is 24.0 Å². The lowest BCUT2D eigenvalue weighted by Gasteiger charge is -2.05. The number of ether oxygens (including phenoxy) is 1. The summed E-state index contributed by atoms with van der Waals surface area (Å²) in [5, 5.41) is 13.4. The van der Waals surface area contributed by atoms with Crippen LogP contribution in [0, 0.1) is 0 Å². The zero-order chi connectivity index (χ0) is 21.5. The highest BCUT2D eigenvalue weighted by molar-refractivity contribution is 5.93. The van der Waals surface area contributed by atoms with E-state index in [-0.39, 0.29) is 11.6 Å². The van der Waals surface area contributed by atoms with Gasteiger partial charge < -0.3 is 9.84 Å². The van der Waals surface area contributed by atoms with Gasteiger partial charge in [0.05, 0.1) is 36.1 Å². The Labute approximate surface area is 169 Å². The van der Waals surface area contributed by atoms with E-state index in [2.05, 4.69) is 35.2 Å². The summed E-state index contributed by atoms with van der Waals surface area (Å²) in [5.74, 6) is -0.851. The molecule has 0 fully saturated rings. The number of hydrogen-bond donors (Lipinski definition) is 2. The number of aliphatic hydroxyl groups excluding tert-OH is 1. The molecule has 1 amide bonds. The van der Waals surface area contributed by atoms with Crippen molar-refractivity contribution in [3.05, 3.63) is 66.0 Å². The molecule has 0 aliphatic rings. The Balaban J connectivity index is 1.68. The first-order valence-electron chi connectivity index (χ1n) is 8.63. The fraction of sp³-hybridized carbons (Fsp3) is 0.158. The highest BCUT2D eigenvalue weighted by atomic mass is 19.3. The first-order valence-corrected chi connectivity index (χ1v) is 8.63. The highest BCUT2D eigenvalue weighted by Crippen LogP contribution is 2.19. The Kier molecular flexibility index (Phi) is 6.65. The van der Waals surface area contributed by atoms with Gasteiger partial charge in [0.15, 0.2) is 0 Å². The molecule has 3 heterocycles. The average molecular weight is 414 g/mol. The molecule has 0 aromatic carbocycles. The van der Waals surface area contributed by atoms with Gasteiger partial charge in [0.25, 0.3) is 5.91 Å². The number of pyridine rings is 2. The van der Waals surface area contributed by atoms with Crippen LogP contribution < -0.4 is 10.2 Å². The third-order valence-electron chi connectivity index (χ3n) is 3.76. The zero-order valence-corrected chi connectivity index (χ0v) is 15.6. The predicted octanol–water partition coefficient (Wildman–Crippen LogP) is 2.35. The summed E-state index contributed by atoms with van der Waals surface area (Å²) in [4.78, 5) is 28.2. The number of hydrogen-bond acceptors (Lipinski definition) is 8. The summed E-state index contributed by atoms with van der Waals surface area (Å²) in [6, 6.07) is 6.03. The van der Waals surface area contributed by atoms with Crippen LogP contribution in [0.3, 0.4) is 0 Å². The minimum atomic E-state index is -2.97. The van der Waals surface area contributed by atoms with Crippen LogP contribution in [0.5, 0.6) is 5.88 Å². The smallest absolute Gasteiger partial charge is 0.388 e. The van der Waals surface area contributed by atoms with Crippen molar-refractivity contribution in [3.8, 4) is 17.1 Å². The third-order valence-corrected chi connectivity index (χ3v) is 3.76. The van der Waals surface area contributed by atoms with Crippen LogP contribution in [0.15, 0.2) is 54.2 Å². The van der Waals surface area contributed by atoms with E-state index in [0.717, 1.165) is 0 Å². The molecule has 0 aliphatic carbocycles. The summed E-state index contributed by atoms with van der Waals surface area (Å²) >= 11 is 0. The van der Waals surface area contributed by atoms with Gasteiger partial charge in [-0.05, 0) is 30.7 Å². The van der Waals surface area contributed by atoms with Crippen LogP contribution in [0.25, 0.3) is 11.3 Å². The first-order chi connectivity index (χ1) is 14.4. The molecule has 1 unspecified atom stereocenters. The molecule has 0 saturated heterocycles. The van der Waals surface area contributed by atoms with E-state index in [4.69, 9.17) is 0 Å². The van der Waals surface area contributed by atoms with Crippen LogP contribution in [-0.2, 0) is 0 Å². The minimum Gasteiger partial charge on any atom is -0.417 e. The molecule has 0 aliphatic heterocycles. The van der Waals surface area contributed by atoms with Gasteiger partial charge in [-0.1, -0.05) is 0 Å². The number of aliphatic hydroxyl groups is 1. The SMILES string of the molecule is CC(O)c1ccnc(/C=N/NC(=O)c2cncc(-c3ccc(OC(F)F)nc3)n2)c1. The van der Waals surface area contributed by atoms with E-state index in [1.165, 1.54) is 43.1 Å². The normalized spacial score (nSPS) is 12.2. The number of hydrazone groups is 1. The van der Waals surface area contributed by atoms with Crippen molar-refractivity contribution < 1.29 is 23.4 Å². The summed E-state index contributed by atoms with van der Waals surface area (Å²) in [5.41, 5.74) is 4.19. The molecule has 3 rings (SSSR count). The Morgan fingerprint density at radius 3 is 2.77 bits per heavy atom. The van der Waals surface area contributed by atoms with Crippen LogP contribution in [-0.4, -0.2) is 43.8 Å². The van der Waals surface area contributed by atoms with E-state index >= 15 is 0 Å². The molecule has 0 radical (unpaired) electrons. The molecular weight excluding hydrogens is 398 g/mol. The summed E-state index contributed by atoms with van der Waals surface area (Å²) in [6.45, 7) is -1.35. The Bertz CT molecular complexity index is 1040. The maximum Gasteiger partial charge on any atom is 0.388 e. The van der Waals surface area contributed by atoms with Crippen molar-refractivity contribution in [1.82, 2.24) is 25.4 Å². The van der Waals surface area contributed by atoms with Gasteiger partial charge in [0.2, 0.25) is 5.88 Å². The van der Waals surface area contributed by atoms with Gasteiger partial charge in [-0.2, -0.15) is 13.9 Å². The number of nitrogens with zero attached hydrogens (tertiary/aromatic N) is 5. The molecule has 0 saturated carbocycles. The van der Waals surface area contributed by atoms with E-state index in [9.17, 15) is 18.7 Å². The molecule has 0 spiro atoms. The van der Waals surface area contributed by atoms with Crippen LogP contribution in [0.1, 0.15) is 34.8 Å². The number of carbonyl (C=O) groups excluding carboxylic acids is 1. The lowest BCUT2D eigenvalue weighted by molar-refractivity contribution is -0.0528. The molecule has 3 aromatic rings. The quantitative estimate of drug-likeness (QED) is 0.449. The second-order valence-corrected chi connectivity index (χ2v) is 5.94. The van der Waals surface area contributed by atoms with Gasteiger partial charge in [-0.15, -0.1) is 0 Å². The van der Waals surface area contributed by atoms with Crippen LogP contribution in [0.4, 0.5) is 8.78 Å². The average Bonchev–Trinajstić information content (AvgIpc) is 2.74. The minimum absolute atomic E-state index is 0.0109. The van der Waals surface area contributed by atoms with Crippen molar-refractivity contribution in [2.75, 3.05) is 0 Å². The monoisotopic (exact) mass is 414 g/mol. The van der Waals surface area contributed by atoms with Crippen LogP contribution in [0.2, 0.25) is 0 Å². The number of aromatic nitrogens is 4. The maximum absolute atomic E-state index is 12.3. The van der Waals surface area contributed by atoms with E-state index in [0.29, 0.717) is 22.5 Å². The number of nitrogens with one attached hydrogen (secondary N) is 1. The van der Waals surface area contributed by atoms with Crippen molar-refractivity contribution in [1.29, 1.82) is 0 Å². The summed E-state index contributed by atoms with van der Waals surface area (Å²) in [7, 11) is 0. The molecule has 9 nitrogen and oxygen atoms in total. The number of carbonyl (C=O) groups is 1. The number of amides is 1. The van der Waals surface area contributed by atoms with Crippen molar-refractivity contribution >= 4 is 12.1 Å². The zero-order valence-electron chi connectivity index (χ0n) is 15.6. The molecule has 154 valence electrons. The summed E-state index contributed by atoms with van der Waals surface area (Å²) in [6.07, 6.45) is 6.12. The molecule has 3 aromatic heterocycles. The topological polar surface area (TPSA) is 122 Å². The van der Waals surface area contributed by atoms with E-state index in [1.54, 1.807) is 19.1 Å². The second kappa shape index (κ2) is 9.56. The standard InChI is InChI=1S/C19H16F2N6O3/c1-11(28)12-4-5-23-14(6-12)8-25-27-18(29)16-10-22-9-15(26-16)13-2-3-17(24-7-13)30-19(20)21/h2-11,19,28H,1H3,(H,27,29)/b25-8+. The largest absolute Gasteiger partial charge is 0.417 e. The molecule has 1 atom stereocenters. The molecule has 2 N–H and O–H groups in total. The predicted molar refractivity (Wildman–Crippen MR) is 102 cm³/mol. The van der Waals surface area contributed by atoms with E-state index < -0.39 is 18.6 Å². The molecule has 30 heavy (non-hydrogen) atoms. The fourth-order valence-corrected chi connectivity index (χ4v) is 2.32. The van der Waals surface area contributed by atoms with Crippen molar-refractivity contribution in [2.24, 2.45) is 5.10 Å².